The molecule has 0 aliphatic heterocycles. The molecule has 2 saturated carbocycles. The van der Waals surface area contributed by atoms with Crippen LogP contribution in [0.1, 0.15) is 51.4 Å². The van der Waals surface area contributed by atoms with Crippen molar-refractivity contribution >= 4 is 0 Å². The summed E-state index contributed by atoms with van der Waals surface area (Å²) < 4.78 is 0. The van der Waals surface area contributed by atoms with Gasteiger partial charge in [-0.25, -0.2) is 0 Å². The van der Waals surface area contributed by atoms with Crippen molar-refractivity contribution in [1.29, 1.82) is 0 Å². The molecule has 2 fully saturated rings. The van der Waals surface area contributed by atoms with E-state index in [0.717, 1.165) is 0 Å². The second-order valence-corrected chi connectivity index (χ2v) is 5.20. The summed E-state index contributed by atoms with van der Waals surface area (Å²) in [5.41, 5.74) is -1.52. The van der Waals surface area contributed by atoms with Crippen LogP contribution in [0.25, 0.3) is 0 Å². The minimum absolute atomic E-state index is 0.446. The SMILES string of the molecule is O=[N+]([O-])OC12CCCC(O[N+](=O)[O-])(CCC1)CC2. The van der Waals surface area contributed by atoms with Gasteiger partial charge in [0.25, 0.3) is 10.2 Å². The normalized spacial score (nSPS) is 35.3. The first-order valence-electron chi connectivity index (χ1n) is 6.13. The van der Waals surface area contributed by atoms with Gasteiger partial charge in [-0.15, -0.1) is 20.2 Å². The van der Waals surface area contributed by atoms with Gasteiger partial charge in [0.05, 0.1) is 0 Å². The number of fused-ring (bicyclic) bond motifs is 3. The third-order valence-electron chi connectivity index (χ3n) is 4.10. The maximum atomic E-state index is 10.6. The molecule has 8 nitrogen and oxygen atoms in total. The van der Waals surface area contributed by atoms with E-state index in [4.69, 9.17) is 9.68 Å². The van der Waals surface area contributed by atoms with Crippen LogP contribution < -0.4 is 0 Å². The largest absolute Gasteiger partial charge is 0.307 e. The maximum Gasteiger partial charge on any atom is 0.295 e. The van der Waals surface area contributed by atoms with Gasteiger partial charge < -0.3 is 9.68 Å². The molecule has 8 heteroatoms. The van der Waals surface area contributed by atoms with Crippen molar-refractivity contribution in [3.63, 3.8) is 0 Å². The predicted molar refractivity (Wildman–Crippen MR) is 58.6 cm³/mol. The molecule has 2 rings (SSSR count). The van der Waals surface area contributed by atoms with Gasteiger partial charge in [-0.3, -0.25) is 0 Å². The summed E-state index contributed by atoms with van der Waals surface area (Å²) in [5, 5.41) is 19.7. The smallest absolute Gasteiger partial charge is 0.295 e. The Bertz CT molecular complexity index is 316. The van der Waals surface area contributed by atoms with Crippen LogP contribution in [0.5, 0.6) is 0 Å². The lowest BCUT2D eigenvalue weighted by molar-refractivity contribution is -0.783. The van der Waals surface area contributed by atoms with Crippen LogP contribution >= 0.6 is 0 Å². The Hall–Kier alpha value is -1.60. The molecule has 0 aromatic carbocycles. The predicted octanol–water partition coefficient (Wildman–Crippen LogP) is 2.03. The van der Waals surface area contributed by atoms with Crippen LogP contribution in [0.3, 0.4) is 0 Å². The highest BCUT2D eigenvalue weighted by Crippen LogP contribution is 2.46. The van der Waals surface area contributed by atoms with Gasteiger partial charge in [-0.1, -0.05) is 0 Å². The maximum absolute atomic E-state index is 10.6. The quantitative estimate of drug-likeness (QED) is 0.565. The van der Waals surface area contributed by atoms with Crippen LogP contribution in [0.2, 0.25) is 0 Å². The van der Waals surface area contributed by atoms with Crippen molar-refractivity contribution in [2.45, 2.75) is 62.6 Å². The molecule has 102 valence electrons. The number of hydrogen-bond donors (Lipinski definition) is 0. The molecule has 0 unspecified atom stereocenters. The van der Waals surface area contributed by atoms with E-state index in [2.05, 4.69) is 0 Å². The Kier molecular flexibility index (Phi) is 3.27. The molecule has 0 heterocycles. The third-order valence-corrected chi connectivity index (χ3v) is 4.10. The molecule has 0 saturated heterocycles. The minimum Gasteiger partial charge on any atom is -0.307 e. The van der Waals surface area contributed by atoms with Crippen molar-refractivity contribution in [3.8, 4) is 0 Å². The highest BCUT2D eigenvalue weighted by Gasteiger charge is 2.47. The molecule has 0 N–H and O–H groups in total. The number of nitrogens with zero attached hydrogens (tertiary/aromatic N) is 2. The third kappa shape index (κ3) is 2.62. The zero-order valence-electron chi connectivity index (χ0n) is 10.0. The fraction of sp³-hybridized carbons (Fsp3) is 1.00. The van der Waals surface area contributed by atoms with Crippen LogP contribution in [-0.2, 0) is 9.68 Å². The van der Waals surface area contributed by atoms with Gasteiger partial charge in [0.2, 0.25) is 0 Å². The second-order valence-electron chi connectivity index (χ2n) is 5.20. The molecule has 0 amide bonds. The number of hydrogen-bond acceptors (Lipinski definition) is 6. The van der Waals surface area contributed by atoms with E-state index in [0.29, 0.717) is 51.4 Å². The molecule has 0 spiro atoms. The van der Waals surface area contributed by atoms with Gasteiger partial charge in [0.1, 0.15) is 11.2 Å². The van der Waals surface area contributed by atoms with Crippen LogP contribution in [0.4, 0.5) is 0 Å². The summed E-state index contributed by atoms with van der Waals surface area (Å²) >= 11 is 0. The van der Waals surface area contributed by atoms with E-state index in [9.17, 15) is 20.2 Å². The molecular formula is C10H16N2O6. The summed E-state index contributed by atoms with van der Waals surface area (Å²) in [5.74, 6) is 0. The van der Waals surface area contributed by atoms with Crippen LogP contribution in [0.15, 0.2) is 0 Å². The first kappa shape index (κ1) is 12.8. The molecule has 2 aliphatic carbocycles. The van der Waals surface area contributed by atoms with Gasteiger partial charge in [0, 0.05) is 0 Å². The first-order valence-corrected chi connectivity index (χ1v) is 6.13. The lowest BCUT2D eigenvalue weighted by Gasteiger charge is -2.30. The average Bonchev–Trinajstić information content (AvgIpc) is 2.46. The molecular weight excluding hydrogens is 244 g/mol. The highest BCUT2D eigenvalue weighted by molar-refractivity contribution is 4.95. The lowest BCUT2D eigenvalue weighted by atomic mass is 9.87. The van der Waals surface area contributed by atoms with Crippen molar-refractivity contribution in [1.82, 2.24) is 0 Å². The molecule has 0 aromatic rings. The standard InChI is InChI=1S/C10H16N2O6/c13-11(14)17-9-3-1-4-10(8-7-9,6-2-5-9)18-12(15)16/h1-8H2. The molecule has 2 bridgehead atoms. The summed E-state index contributed by atoms with van der Waals surface area (Å²) in [7, 11) is 0. The van der Waals surface area contributed by atoms with Crippen LogP contribution in [-0.4, -0.2) is 21.4 Å². The van der Waals surface area contributed by atoms with Gasteiger partial charge in [0.15, 0.2) is 0 Å². The fourth-order valence-electron chi connectivity index (χ4n) is 3.26. The van der Waals surface area contributed by atoms with E-state index in [1.54, 1.807) is 0 Å². The summed E-state index contributed by atoms with van der Waals surface area (Å²) in [6.07, 6.45) is 4.47. The Labute approximate surface area is 103 Å². The fourth-order valence-corrected chi connectivity index (χ4v) is 3.26. The van der Waals surface area contributed by atoms with Crippen LogP contribution in [0, 0.1) is 20.2 Å². The Balaban J connectivity index is 2.15. The Morgan fingerprint density at radius 3 is 1.33 bits per heavy atom. The molecule has 18 heavy (non-hydrogen) atoms. The van der Waals surface area contributed by atoms with E-state index in [1.807, 2.05) is 0 Å². The van der Waals surface area contributed by atoms with Crippen molar-refractivity contribution in [3.05, 3.63) is 20.2 Å². The van der Waals surface area contributed by atoms with Crippen molar-refractivity contribution < 1.29 is 19.8 Å². The molecule has 0 atom stereocenters. The van der Waals surface area contributed by atoms with E-state index in [1.165, 1.54) is 0 Å². The number of rotatable bonds is 4. The van der Waals surface area contributed by atoms with E-state index >= 15 is 0 Å². The molecule has 0 radical (unpaired) electrons. The highest BCUT2D eigenvalue weighted by atomic mass is 17.0. The van der Waals surface area contributed by atoms with Gasteiger partial charge in [-0.05, 0) is 51.4 Å². The average molecular weight is 260 g/mol. The summed E-state index contributed by atoms with van der Waals surface area (Å²) in [4.78, 5) is 30.9. The van der Waals surface area contributed by atoms with E-state index < -0.39 is 21.4 Å². The minimum atomic E-state index is -0.762. The Morgan fingerprint density at radius 2 is 1.06 bits per heavy atom. The molecule has 0 aromatic heterocycles. The zero-order chi connectivity index (χ0) is 13.2. The lowest BCUT2D eigenvalue weighted by Crippen LogP contribution is -2.34. The summed E-state index contributed by atoms with van der Waals surface area (Å²) in [6, 6.07) is 0. The monoisotopic (exact) mass is 260 g/mol. The topological polar surface area (TPSA) is 105 Å². The zero-order valence-corrected chi connectivity index (χ0v) is 10.0. The van der Waals surface area contributed by atoms with E-state index in [-0.39, 0.29) is 0 Å². The first-order chi connectivity index (χ1) is 8.45. The Morgan fingerprint density at radius 1 is 0.722 bits per heavy atom. The van der Waals surface area contributed by atoms with Gasteiger partial charge in [-0.2, -0.15) is 0 Å². The van der Waals surface area contributed by atoms with Gasteiger partial charge >= 0.3 is 0 Å². The summed E-state index contributed by atoms with van der Waals surface area (Å²) in [6.45, 7) is 0. The van der Waals surface area contributed by atoms with Crippen molar-refractivity contribution in [2.75, 3.05) is 0 Å². The second kappa shape index (κ2) is 4.58. The van der Waals surface area contributed by atoms with Crippen molar-refractivity contribution in [2.24, 2.45) is 0 Å². The molecule has 2 aliphatic rings.